The van der Waals surface area contributed by atoms with Crippen LogP contribution in [0.3, 0.4) is 0 Å². The van der Waals surface area contributed by atoms with E-state index < -0.39 is 0 Å². The fourth-order valence-electron chi connectivity index (χ4n) is 5.67. The second kappa shape index (κ2) is 14.1. The summed E-state index contributed by atoms with van der Waals surface area (Å²) in [5.41, 5.74) is 3.16. The second-order valence-corrected chi connectivity index (χ2v) is 9.41. The Kier molecular flexibility index (Phi) is 11.6. The molecule has 0 amide bonds. The Morgan fingerprint density at radius 3 is 1.09 bits per heavy atom. The van der Waals surface area contributed by atoms with E-state index in [0.29, 0.717) is 0 Å². The molecule has 0 bridgehead atoms. The molecule has 3 aliphatic rings. The predicted octanol–water partition coefficient (Wildman–Crippen LogP) is 10.5. The molecular weight excluding hydrogens is 384 g/mol. The highest BCUT2D eigenvalue weighted by molar-refractivity contribution is 5.82. The van der Waals surface area contributed by atoms with Gasteiger partial charge in [-0.1, -0.05) is 139 Å². The van der Waals surface area contributed by atoms with Gasteiger partial charge in [0.05, 0.1) is 0 Å². The first kappa shape index (κ1) is 26.2. The molecule has 2 saturated carbocycles. The van der Waals surface area contributed by atoms with Crippen molar-refractivity contribution in [3.05, 3.63) is 83.9 Å². The molecule has 2 fully saturated rings. The van der Waals surface area contributed by atoms with Crippen LogP contribution in [0.15, 0.2) is 72.8 Å². The Hall–Kier alpha value is -2.08. The Bertz CT molecular complexity index is 788. The third-order valence-corrected chi connectivity index (χ3v) is 7.39. The summed E-state index contributed by atoms with van der Waals surface area (Å²) in [5.74, 6) is 2.31. The fraction of sp³-hybridized carbons (Fsp3) is 0.500. The lowest BCUT2D eigenvalue weighted by atomic mass is 9.71. The summed E-state index contributed by atoms with van der Waals surface area (Å²) in [6.07, 6.45) is 17.7. The lowest BCUT2D eigenvalue weighted by Gasteiger charge is -2.35. The molecule has 0 spiro atoms. The van der Waals surface area contributed by atoms with Crippen LogP contribution < -0.4 is 0 Å². The second-order valence-electron chi connectivity index (χ2n) is 9.41. The third kappa shape index (κ3) is 7.51. The van der Waals surface area contributed by atoms with Crippen LogP contribution in [0, 0.1) is 11.8 Å². The molecule has 0 aromatic heterocycles. The molecule has 0 heterocycles. The Morgan fingerprint density at radius 1 is 0.438 bits per heavy atom. The van der Waals surface area contributed by atoms with E-state index in [9.17, 15) is 0 Å². The lowest BCUT2D eigenvalue weighted by Crippen LogP contribution is -2.22. The predicted molar refractivity (Wildman–Crippen MR) is 149 cm³/mol. The molecule has 32 heavy (non-hydrogen) atoms. The van der Waals surface area contributed by atoms with Gasteiger partial charge in [-0.25, -0.2) is 0 Å². The smallest absolute Gasteiger partial charge is 0 e. The molecule has 0 saturated heterocycles. The summed E-state index contributed by atoms with van der Waals surface area (Å²) in [4.78, 5) is 0. The summed E-state index contributed by atoms with van der Waals surface area (Å²) in [7, 11) is 0. The van der Waals surface area contributed by atoms with Gasteiger partial charge in [-0.05, 0) is 59.4 Å². The molecule has 3 aromatic carbocycles. The quantitative estimate of drug-likeness (QED) is 0.330. The van der Waals surface area contributed by atoms with Crippen LogP contribution in [0.5, 0.6) is 0 Å². The highest BCUT2D eigenvalue weighted by atomic mass is 14.3. The van der Waals surface area contributed by atoms with Gasteiger partial charge in [-0.3, -0.25) is 0 Å². The molecule has 0 aliphatic heterocycles. The van der Waals surface area contributed by atoms with Crippen molar-refractivity contribution in [2.75, 3.05) is 0 Å². The average Bonchev–Trinajstić information content (AvgIpc) is 2.85. The highest BCUT2D eigenvalue weighted by Crippen LogP contribution is 2.40. The SMILES string of the molecule is C.C.C1CCC2CCCCC2C1.[HH].[HH].c1ccc2c(c1)CCCC2.c1ccc2ccccc2c1. The topological polar surface area (TPSA) is 0 Å². The first-order valence-electron chi connectivity index (χ1n) is 12.4. The van der Waals surface area contributed by atoms with Crippen molar-refractivity contribution in [1.29, 1.82) is 0 Å². The van der Waals surface area contributed by atoms with Crippen LogP contribution in [-0.2, 0) is 12.8 Å². The number of aryl methyl sites for hydroxylation is 2. The molecular formula is C32H50. The zero-order valence-electron chi connectivity index (χ0n) is 18.6. The van der Waals surface area contributed by atoms with Gasteiger partial charge in [0, 0.05) is 2.85 Å². The van der Waals surface area contributed by atoms with Gasteiger partial charge < -0.3 is 0 Å². The summed E-state index contributed by atoms with van der Waals surface area (Å²) in [6, 6.07) is 25.5. The standard InChI is InChI=1S/C10H18.C10H12.C10H8.2CH4.2H2/c3*1-2-6-10-8-4-3-7-9(10)5-1;;;;/h9-10H,1-8H2;1-2,5-6H,3-4,7-8H2;1-8H;2*1H4;2*1H. The monoisotopic (exact) mass is 434 g/mol. The van der Waals surface area contributed by atoms with Gasteiger partial charge in [0.15, 0.2) is 0 Å². The summed E-state index contributed by atoms with van der Waals surface area (Å²) < 4.78 is 0. The Balaban J connectivity index is 0.000000454. The van der Waals surface area contributed by atoms with Crippen molar-refractivity contribution in [1.82, 2.24) is 0 Å². The largest absolute Gasteiger partial charge is 0.0776 e. The average molecular weight is 435 g/mol. The molecule has 0 radical (unpaired) electrons. The van der Waals surface area contributed by atoms with Crippen LogP contribution >= 0.6 is 0 Å². The van der Waals surface area contributed by atoms with Gasteiger partial charge in [0.25, 0.3) is 0 Å². The van der Waals surface area contributed by atoms with Crippen molar-refractivity contribution in [3.63, 3.8) is 0 Å². The maximum Gasteiger partial charge on any atom is 0 e. The lowest BCUT2D eigenvalue weighted by molar-refractivity contribution is 0.171. The number of hydrogen-bond acceptors (Lipinski definition) is 0. The van der Waals surface area contributed by atoms with E-state index in [1.165, 1.54) is 62.1 Å². The molecule has 0 heteroatoms. The van der Waals surface area contributed by atoms with Crippen molar-refractivity contribution < 1.29 is 2.85 Å². The highest BCUT2D eigenvalue weighted by Gasteiger charge is 2.26. The molecule has 3 aromatic rings. The summed E-state index contributed by atoms with van der Waals surface area (Å²) in [5, 5.41) is 2.62. The summed E-state index contributed by atoms with van der Waals surface area (Å²) in [6.45, 7) is 0. The van der Waals surface area contributed by atoms with Crippen molar-refractivity contribution >= 4 is 10.8 Å². The Labute approximate surface area is 201 Å². The van der Waals surface area contributed by atoms with E-state index >= 15 is 0 Å². The molecule has 0 atom stereocenters. The zero-order chi connectivity index (χ0) is 20.4. The van der Waals surface area contributed by atoms with Crippen LogP contribution in [0.1, 0.15) is 93.0 Å². The molecule has 3 aliphatic carbocycles. The van der Waals surface area contributed by atoms with Gasteiger partial charge in [-0.2, -0.15) is 0 Å². The van der Waals surface area contributed by atoms with Crippen molar-refractivity contribution in [3.8, 4) is 0 Å². The van der Waals surface area contributed by atoms with Gasteiger partial charge in [0.1, 0.15) is 0 Å². The van der Waals surface area contributed by atoms with E-state index in [1.54, 1.807) is 36.8 Å². The number of benzene rings is 3. The van der Waals surface area contributed by atoms with Gasteiger partial charge in [-0.15, -0.1) is 0 Å². The van der Waals surface area contributed by atoms with E-state index in [0.717, 1.165) is 11.8 Å². The van der Waals surface area contributed by atoms with Crippen molar-refractivity contribution in [2.45, 2.75) is 91.9 Å². The number of rotatable bonds is 0. The molecule has 0 nitrogen and oxygen atoms in total. The van der Waals surface area contributed by atoms with Crippen molar-refractivity contribution in [2.24, 2.45) is 11.8 Å². The van der Waals surface area contributed by atoms with Gasteiger partial charge in [0.2, 0.25) is 0 Å². The first-order valence-corrected chi connectivity index (χ1v) is 12.4. The minimum absolute atomic E-state index is 0. The van der Waals surface area contributed by atoms with E-state index in [-0.39, 0.29) is 17.7 Å². The van der Waals surface area contributed by atoms with E-state index in [2.05, 4.69) is 72.8 Å². The number of hydrogen-bond donors (Lipinski definition) is 0. The molecule has 0 N–H and O–H groups in total. The van der Waals surface area contributed by atoms with Crippen LogP contribution in [0.2, 0.25) is 0 Å². The fourth-order valence-corrected chi connectivity index (χ4v) is 5.67. The van der Waals surface area contributed by atoms with Gasteiger partial charge >= 0.3 is 0 Å². The third-order valence-electron chi connectivity index (χ3n) is 7.39. The number of fused-ring (bicyclic) bond motifs is 3. The molecule has 6 rings (SSSR count). The zero-order valence-corrected chi connectivity index (χ0v) is 18.6. The maximum absolute atomic E-state index is 2.26. The minimum Gasteiger partial charge on any atom is -0.0776 e. The van der Waals surface area contributed by atoms with E-state index in [4.69, 9.17) is 0 Å². The van der Waals surface area contributed by atoms with Crippen LogP contribution in [0.4, 0.5) is 0 Å². The minimum atomic E-state index is 0. The van der Waals surface area contributed by atoms with Crippen LogP contribution in [-0.4, -0.2) is 0 Å². The maximum atomic E-state index is 2.26. The molecule has 178 valence electrons. The van der Waals surface area contributed by atoms with Crippen LogP contribution in [0.25, 0.3) is 10.8 Å². The normalized spacial score (nSPS) is 21.0. The van der Waals surface area contributed by atoms with E-state index in [1.807, 2.05) is 0 Å². The Morgan fingerprint density at radius 2 is 0.750 bits per heavy atom. The first-order chi connectivity index (χ1) is 14.9. The summed E-state index contributed by atoms with van der Waals surface area (Å²) >= 11 is 0. The molecule has 0 unspecified atom stereocenters.